The molecule has 1 rings (SSSR count). The van der Waals surface area contributed by atoms with Crippen LogP contribution in [0.5, 0.6) is 0 Å². The van der Waals surface area contributed by atoms with Crippen molar-refractivity contribution in [3.63, 3.8) is 0 Å². The smallest absolute Gasteiger partial charge is 0.407 e. The Morgan fingerprint density at radius 3 is 2.57 bits per heavy atom. The summed E-state index contributed by atoms with van der Waals surface area (Å²) in [6, 6.07) is -0.164. The summed E-state index contributed by atoms with van der Waals surface area (Å²) in [5.41, 5.74) is -0.551. The minimum Gasteiger partial charge on any atom is -0.444 e. The van der Waals surface area contributed by atoms with Gasteiger partial charge in [0.05, 0.1) is 5.75 Å². The Morgan fingerprint density at radius 1 is 1.33 bits per heavy atom. The summed E-state index contributed by atoms with van der Waals surface area (Å²) < 4.78 is 31.2. The van der Waals surface area contributed by atoms with Crippen LogP contribution in [0.4, 0.5) is 4.79 Å². The Balaban J connectivity index is 2.60. The molecule has 0 bridgehead atoms. The van der Waals surface area contributed by atoms with Gasteiger partial charge >= 0.3 is 6.09 Å². The van der Waals surface area contributed by atoms with Crippen LogP contribution in [0.1, 0.15) is 53.4 Å². The molecule has 0 radical (unpaired) electrons. The molecule has 0 spiro atoms. The van der Waals surface area contributed by atoms with Crippen LogP contribution in [0.2, 0.25) is 0 Å². The van der Waals surface area contributed by atoms with E-state index in [9.17, 15) is 13.2 Å². The fraction of sp³-hybridized carbons (Fsp3) is 0.929. The van der Waals surface area contributed by atoms with E-state index >= 15 is 0 Å². The zero-order valence-electron chi connectivity index (χ0n) is 13.5. The minimum atomic E-state index is -3.22. The van der Waals surface area contributed by atoms with Gasteiger partial charge in [0, 0.05) is 19.1 Å². The molecule has 0 aromatic heterocycles. The molecule has 1 amide bonds. The van der Waals surface area contributed by atoms with E-state index in [4.69, 9.17) is 4.74 Å². The van der Waals surface area contributed by atoms with Crippen LogP contribution in [0.15, 0.2) is 0 Å². The number of piperidine rings is 1. The summed E-state index contributed by atoms with van der Waals surface area (Å²) in [6.45, 7) is 8.10. The number of nitrogens with one attached hydrogen (secondary N) is 1. The monoisotopic (exact) mass is 320 g/mol. The lowest BCUT2D eigenvalue weighted by molar-refractivity contribution is 0.0512. The van der Waals surface area contributed by atoms with E-state index in [1.807, 2.05) is 6.92 Å². The molecule has 0 aromatic rings. The van der Waals surface area contributed by atoms with E-state index in [0.717, 1.165) is 19.3 Å². The van der Waals surface area contributed by atoms with Crippen molar-refractivity contribution in [2.24, 2.45) is 0 Å². The third-order valence-corrected chi connectivity index (χ3v) is 5.39. The minimum absolute atomic E-state index is 0.163. The molecule has 1 saturated heterocycles. The molecule has 0 aliphatic carbocycles. The van der Waals surface area contributed by atoms with Crippen LogP contribution < -0.4 is 5.32 Å². The highest BCUT2D eigenvalue weighted by atomic mass is 32.2. The molecular weight excluding hydrogens is 292 g/mol. The largest absolute Gasteiger partial charge is 0.444 e. The van der Waals surface area contributed by atoms with Crippen LogP contribution in [0, 0.1) is 0 Å². The highest BCUT2D eigenvalue weighted by Crippen LogP contribution is 2.21. The van der Waals surface area contributed by atoms with Crippen molar-refractivity contribution in [2.45, 2.75) is 65.0 Å². The predicted molar refractivity (Wildman–Crippen MR) is 82.7 cm³/mol. The van der Waals surface area contributed by atoms with Gasteiger partial charge in [0.2, 0.25) is 10.0 Å². The lowest BCUT2D eigenvalue weighted by Gasteiger charge is -2.34. The van der Waals surface area contributed by atoms with Crippen molar-refractivity contribution in [2.75, 3.05) is 18.8 Å². The zero-order chi connectivity index (χ0) is 16.1. The zero-order valence-corrected chi connectivity index (χ0v) is 14.3. The maximum absolute atomic E-state index is 12.3. The SMILES string of the molecule is CCCS(=O)(=O)N1CCCC[C@@H]1CNC(=O)OC(C)(C)C. The van der Waals surface area contributed by atoms with Crippen LogP contribution in [0.3, 0.4) is 0 Å². The van der Waals surface area contributed by atoms with E-state index in [1.54, 1.807) is 25.1 Å². The molecule has 1 heterocycles. The molecule has 1 N–H and O–H groups in total. The Labute approximate surface area is 128 Å². The van der Waals surface area contributed by atoms with Crippen molar-refractivity contribution in [1.29, 1.82) is 0 Å². The predicted octanol–water partition coefficient (Wildman–Crippen LogP) is 2.11. The third-order valence-electron chi connectivity index (χ3n) is 3.27. The number of hydrogen-bond acceptors (Lipinski definition) is 4. The van der Waals surface area contributed by atoms with Crippen LogP contribution in [-0.4, -0.2) is 49.3 Å². The summed E-state index contributed by atoms with van der Waals surface area (Å²) in [5, 5.41) is 2.69. The van der Waals surface area contributed by atoms with Crippen molar-refractivity contribution < 1.29 is 17.9 Å². The highest BCUT2D eigenvalue weighted by molar-refractivity contribution is 7.89. The summed E-state index contributed by atoms with van der Waals surface area (Å²) in [7, 11) is -3.22. The van der Waals surface area contributed by atoms with Gasteiger partial charge in [0.25, 0.3) is 0 Å². The van der Waals surface area contributed by atoms with Crippen molar-refractivity contribution in [1.82, 2.24) is 9.62 Å². The van der Waals surface area contributed by atoms with Crippen molar-refractivity contribution in [3.05, 3.63) is 0 Å². The van der Waals surface area contributed by atoms with Crippen molar-refractivity contribution >= 4 is 16.1 Å². The molecular formula is C14H28N2O4S. The first-order chi connectivity index (χ1) is 9.65. The molecule has 124 valence electrons. The fourth-order valence-corrected chi connectivity index (χ4v) is 4.23. The van der Waals surface area contributed by atoms with Crippen LogP contribution in [-0.2, 0) is 14.8 Å². The molecule has 1 aliphatic rings. The number of amides is 1. The fourth-order valence-electron chi connectivity index (χ4n) is 2.43. The number of rotatable bonds is 5. The lowest BCUT2D eigenvalue weighted by Crippen LogP contribution is -2.50. The Morgan fingerprint density at radius 2 is 2.00 bits per heavy atom. The molecule has 1 atom stereocenters. The third kappa shape index (κ3) is 6.22. The van der Waals surface area contributed by atoms with Crippen LogP contribution in [0.25, 0.3) is 0 Å². The Kier molecular flexibility index (Phi) is 6.46. The van der Waals surface area contributed by atoms with Gasteiger partial charge in [-0.05, 0) is 40.0 Å². The summed E-state index contributed by atoms with van der Waals surface area (Å²) in [4.78, 5) is 11.7. The molecule has 0 saturated carbocycles. The number of alkyl carbamates (subject to hydrolysis) is 1. The first-order valence-corrected chi connectivity index (χ1v) is 9.23. The summed E-state index contributed by atoms with van der Waals surface area (Å²) in [5.74, 6) is 0.163. The van der Waals surface area contributed by atoms with E-state index in [2.05, 4.69) is 5.32 Å². The molecule has 21 heavy (non-hydrogen) atoms. The first-order valence-electron chi connectivity index (χ1n) is 7.62. The van der Waals surface area contributed by atoms with Gasteiger partial charge in [0.15, 0.2) is 0 Å². The highest BCUT2D eigenvalue weighted by Gasteiger charge is 2.32. The van der Waals surface area contributed by atoms with Gasteiger partial charge in [-0.15, -0.1) is 0 Å². The molecule has 1 aliphatic heterocycles. The molecule has 7 heteroatoms. The number of carbonyl (C=O) groups is 1. The maximum Gasteiger partial charge on any atom is 0.407 e. The number of carbonyl (C=O) groups excluding carboxylic acids is 1. The van der Waals surface area contributed by atoms with Gasteiger partial charge in [0.1, 0.15) is 5.60 Å². The van der Waals surface area contributed by atoms with Crippen LogP contribution >= 0.6 is 0 Å². The van der Waals surface area contributed by atoms with Gasteiger partial charge in [-0.25, -0.2) is 13.2 Å². The molecule has 0 unspecified atom stereocenters. The van der Waals surface area contributed by atoms with E-state index < -0.39 is 21.7 Å². The number of nitrogens with zero attached hydrogens (tertiary/aromatic N) is 1. The average Bonchev–Trinajstić information content (AvgIpc) is 2.34. The summed E-state index contributed by atoms with van der Waals surface area (Å²) >= 11 is 0. The van der Waals surface area contributed by atoms with Gasteiger partial charge in [-0.1, -0.05) is 13.3 Å². The van der Waals surface area contributed by atoms with Gasteiger partial charge in [-0.3, -0.25) is 0 Å². The lowest BCUT2D eigenvalue weighted by atomic mass is 10.1. The number of hydrogen-bond donors (Lipinski definition) is 1. The Hall–Kier alpha value is -0.820. The molecule has 1 fully saturated rings. The standard InChI is InChI=1S/C14H28N2O4S/c1-5-10-21(18,19)16-9-7-6-8-12(16)11-15-13(17)20-14(2,3)4/h12H,5-11H2,1-4H3,(H,15,17)/t12-/m1/s1. The Bertz CT molecular complexity index is 442. The average molecular weight is 320 g/mol. The van der Waals surface area contributed by atoms with E-state index in [1.165, 1.54) is 0 Å². The van der Waals surface area contributed by atoms with Gasteiger partial charge in [-0.2, -0.15) is 4.31 Å². The van der Waals surface area contributed by atoms with E-state index in [0.29, 0.717) is 19.5 Å². The second-order valence-corrected chi connectivity index (χ2v) is 8.50. The second kappa shape index (κ2) is 7.45. The quantitative estimate of drug-likeness (QED) is 0.842. The second-order valence-electron chi connectivity index (χ2n) is 6.46. The maximum atomic E-state index is 12.3. The van der Waals surface area contributed by atoms with Gasteiger partial charge < -0.3 is 10.1 Å². The topological polar surface area (TPSA) is 75.7 Å². The number of ether oxygens (including phenoxy) is 1. The summed E-state index contributed by atoms with van der Waals surface area (Å²) in [6.07, 6.45) is 2.75. The normalized spacial score (nSPS) is 21.0. The molecule has 0 aromatic carbocycles. The molecule has 6 nitrogen and oxygen atoms in total. The number of sulfonamides is 1. The van der Waals surface area contributed by atoms with E-state index in [-0.39, 0.29) is 11.8 Å². The first kappa shape index (κ1) is 18.2. The van der Waals surface area contributed by atoms with Crippen molar-refractivity contribution in [3.8, 4) is 0 Å².